The molecule has 0 saturated heterocycles. The van der Waals surface area contributed by atoms with Gasteiger partial charge in [-0.05, 0) is 75.3 Å². The zero-order valence-electron chi connectivity index (χ0n) is 14.4. The Kier molecular flexibility index (Phi) is 2.80. The van der Waals surface area contributed by atoms with E-state index in [0.717, 1.165) is 44.8 Å². The first kappa shape index (κ1) is 14.4. The maximum atomic E-state index is 4.90. The average Bonchev–Trinajstić information content (AvgIpc) is 3.14. The van der Waals surface area contributed by atoms with E-state index in [0.29, 0.717) is 0 Å². The fraction of sp³-hybridized carbons (Fsp3) is 0.579. The highest BCUT2D eigenvalue weighted by Crippen LogP contribution is 2.60. The van der Waals surface area contributed by atoms with E-state index in [-0.39, 0.29) is 5.41 Å². The Balaban J connectivity index is 1.45. The van der Waals surface area contributed by atoms with Gasteiger partial charge in [-0.2, -0.15) is 9.61 Å². The van der Waals surface area contributed by atoms with Gasteiger partial charge in [0.05, 0.1) is 0 Å². The van der Waals surface area contributed by atoms with Gasteiger partial charge in [-0.15, -0.1) is 10.2 Å². The lowest BCUT2D eigenvalue weighted by atomic mass is 9.49. The predicted octanol–water partition coefficient (Wildman–Crippen LogP) is 4.02. The molecule has 128 valence electrons. The van der Waals surface area contributed by atoms with E-state index in [2.05, 4.69) is 21.2 Å². The molecule has 0 amide bonds. The third-order valence-corrected chi connectivity index (χ3v) is 7.61. The maximum absolute atomic E-state index is 4.90. The average molecular weight is 351 g/mol. The van der Waals surface area contributed by atoms with Gasteiger partial charge < -0.3 is 0 Å². The lowest BCUT2D eigenvalue weighted by Gasteiger charge is -2.55. The summed E-state index contributed by atoms with van der Waals surface area (Å²) in [5, 5.41) is 15.0. The van der Waals surface area contributed by atoms with Crippen LogP contribution in [0.15, 0.2) is 18.3 Å². The molecule has 4 aliphatic rings. The normalized spacial score (nSPS) is 33.4. The van der Waals surface area contributed by atoms with Crippen LogP contribution in [0.1, 0.15) is 50.0 Å². The molecule has 6 heteroatoms. The van der Waals surface area contributed by atoms with Crippen molar-refractivity contribution < 1.29 is 0 Å². The van der Waals surface area contributed by atoms with Crippen molar-refractivity contribution in [3.05, 3.63) is 29.8 Å². The summed E-state index contributed by atoms with van der Waals surface area (Å²) < 4.78 is 2.05. The minimum Gasteiger partial charge on any atom is -0.261 e. The summed E-state index contributed by atoms with van der Waals surface area (Å²) >= 11 is 1.62. The van der Waals surface area contributed by atoms with Crippen LogP contribution in [0.5, 0.6) is 0 Å². The second-order valence-corrected chi connectivity index (χ2v) is 9.47. The van der Waals surface area contributed by atoms with Gasteiger partial charge in [0.25, 0.3) is 0 Å². The van der Waals surface area contributed by atoms with Crippen LogP contribution in [0.3, 0.4) is 0 Å². The third-order valence-electron chi connectivity index (χ3n) is 6.66. The first-order valence-electron chi connectivity index (χ1n) is 9.34. The lowest BCUT2D eigenvalue weighted by Crippen LogP contribution is -2.49. The summed E-state index contributed by atoms with van der Waals surface area (Å²) in [6, 6.07) is 4.14. The number of hydrogen-bond acceptors (Lipinski definition) is 5. The Labute approximate surface area is 150 Å². The maximum Gasteiger partial charge on any atom is 0.235 e. The summed E-state index contributed by atoms with van der Waals surface area (Å²) in [5.74, 6) is 3.83. The quantitative estimate of drug-likeness (QED) is 0.699. The van der Waals surface area contributed by atoms with Crippen molar-refractivity contribution in [2.24, 2.45) is 17.8 Å². The lowest BCUT2D eigenvalue weighted by molar-refractivity contribution is -0.0103. The standard InChI is InChI=1S/C19H21N5S/c1-11-2-3-15(10-20-11)16-23-24-17(21-22-18(24)25-16)19-7-12-4-13(8-19)6-14(5-12)9-19/h2-3,10,12-14H,4-9H2,1H3. The molecule has 3 aromatic heterocycles. The molecule has 3 heterocycles. The molecule has 4 bridgehead atoms. The van der Waals surface area contributed by atoms with Gasteiger partial charge in [-0.1, -0.05) is 11.3 Å². The van der Waals surface area contributed by atoms with Gasteiger partial charge in [-0.25, -0.2) is 0 Å². The monoisotopic (exact) mass is 351 g/mol. The highest BCUT2D eigenvalue weighted by atomic mass is 32.1. The second kappa shape index (κ2) is 4.87. The first-order chi connectivity index (χ1) is 12.2. The fourth-order valence-electron chi connectivity index (χ4n) is 6.04. The Morgan fingerprint density at radius 2 is 1.76 bits per heavy atom. The topological polar surface area (TPSA) is 56.0 Å². The molecular weight excluding hydrogens is 330 g/mol. The molecule has 4 aliphatic carbocycles. The highest BCUT2D eigenvalue weighted by molar-refractivity contribution is 7.19. The Morgan fingerprint density at radius 3 is 2.40 bits per heavy atom. The van der Waals surface area contributed by atoms with Crippen LogP contribution in [-0.4, -0.2) is 24.8 Å². The summed E-state index contributed by atoms with van der Waals surface area (Å²) in [6.07, 6.45) is 10.1. The van der Waals surface area contributed by atoms with Crippen molar-refractivity contribution in [1.82, 2.24) is 24.8 Å². The van der Waals surface area contributed by atoms with E-state index < -0.39 is 0 Å². The molecular formula is C19H21N5S. The fourth-order valence-corrected chi connectivity index (χ4v) is 6.87. The number of rotatable bonds is 2. The third kappa shape index (κ3) is 2.06. The molecule has 3 aromatic rings. The van der Waals surface area contributed by atoms with E-state index in [1.165, 1.54) is 38.5 Å². The van der Waals surface area contributed by atoms with Crippen molar-refractivity contribution in [2.75, 3.05) is 0 Å². The van der Waals surface area contributed by atoms with Gasteiger partial charge in [0.15, 0.2) is 5.82 Å². The molecule has 5 nitrogen and oxygen atoms in total. The van der Waals surface area contributed by atoms with Crippen LogP contribution < -0.4 is 0 Å². The van der Waals surface area contributed by atoms with Crippen LogP contribution in [0.4, 0.5) is 0 Å². The second-order valence-electron chi connectivity index (χ2n) is 8.51. The van der Waals surface area contributed by atoms with E-state index in [1.807, 2.05) is 23.7 Å². The summed E-state index contributed by atoms with van der Waals surface area (Å²) in [4.78, 5) is 5.33. The zero-order valence-corrected chi connectivity index (χ0v) is 15.2. The largest absolute Gasteiger partial charge is 0.261 e. The number of hydrogen-bond donors (Lipinski definition) is 0. The molecule has 0 spiro atoms. The minimum absolute atomic E-state index is 0.227. The molecule has 0 atom stereocenters. The van der Waals surface area contributed by atoms with Crippen molar-refractivity contribution in [2.45, 2.75) is 50.9 Å². The number of fused-ring (bicyclic) bond motifs is 1. The molecule has 4 saturated carbocycles. The number of aromatic nitrogens is 5. The van der Waals surface area contributed by atoms with Crippen molar-refractivity contribution in [1.29, 1.82) is 0 Å². The van der Waals surface area contributed by atoms with Gasteiger partial charge in [0.2, 0.25) is 4.96 Å². The zero-order chi connectivity index (χ0) is 16.6. The van der Waals surface area contributed by atoms with Gasteiger partial charge >= 0.3 is 0 Å². The van der Waals surface area contributed by atoms with Gasteiger partial charge in [-0.3, -0.25) is 4.98 Å². The van der Waals surface area contributed by atoms with Crippen LogP contribution in [0.25, 0.3) is 15.5 Å². The van der Waals surface area contributed by atoms with Crippen molar-refractivity contribution >= 4 is 16.3 Å². The Hall–Kier alpha value is -1.82. The molecule has 25 heavy (non-hydrogen) atoms. The van der Waals surface area contributed by atoms with E-state index in [9.17, 15) is 0 Å². The number of aryl methyl sites for hydroxylation is 1. The molecule has 7 rings (SSSR count). The number of nitrogens with zero attached hydrogens (tertiary/aromatic N) is 5. The molecule has 0 unspecified atom stereocenters. The number of pyridine rings is 1. The smallest absolute Gasteiger partial charge is 0.235 e. The molecule has 0 N–H and O–H groups in total. The molecule has 0 aromatic carbocycles. The Morgan fingerprint density at radius 1 is 1.04 bits per heavy atom. The summed E-state index contributed by atoms with van der Waals surface area (Å²) in [7, 11) is 0. The minimum atomic E-state index is 0.227. The molecule has 0 radical (unpaired) electrons. The SMILES string of the molecule is Cc1ccc(-c2nn3c(C45CC6CC(CC(C6)C4)C5)nnc3s2)cn1. The summed E-state index contributed by atoms with van der Waals surface area (Å²) in [6.45, 7) is 2.01. The van der Waals surface area contributed by atoms with E-state index in [1.54, 1.807) is 11.3 Å². The van der Waals surface area contributed by atoms with Gasteiger partial charge in [0.1, 0.15) is 5.01 Å². The van der Waals surface area contributed by atoms with Crippen LogP contribution in [0, 0.1) is 24.7 Å². The molecule has 0 aliphatic heterocycles. The van der Waals surface area contributed by atoms with Crippen molar-refractivity contribution in [3.63, 3.8) is 0 Å². The van der Waals surface area contributed by atoms with Crippen LogP contribution >= 0.6 is 11.3 Å². The van der Waals surface area contributed by atoms with E-state index >= 15 is 0 Å². The van der Waals surface area contributed by atoms with E-state index in [4.69, 9.17) is 5.10 Å². The van der Waals surface area contributed by atoms with Crippen LogP contribution in [-0.2, 0) is 5.41 Å². The predicted molar refractivity (Wildman–Crippen MR) is 96.5 cm³/mol. The Bertz CT molecular complexity index is 919. The molecule has 4 fully saturated rings. The summed E-state index contributed by atoms with van der Waals surface area (Å²) in [5.41, 5.74) is 2.32. The first-order valence-corrected chi connectivity index (χ1v) is 10.2. The van der Waals surface area contributed by atoms with Crippen LogP contribution in [0.2, 0.25) is 0 Å². The van der Waals surface area contributed by atoms with Gasteiger partial charge in [0, 0.05) is 22.9 Å². The van der Waals surface area contributed by atoms with Crippen molar-refractivity contribution in [3.8, 4) is 10.6 Å². The highest BCUT2D eigenvalue weighted by Gasteiger charge is 2.54.